The summed E-state index contributed by atoms with van der Waals surface area (Å²) in [7, 11) is 1.65. The first-order valence-electron chi connectivity index (χ1n) is 5.33. The Bertz CT molecular complexity index is 428. The molecule has 0 N–H and O–H groups in total. The van der Waals surface area contributed by atoms with E-state index in [4.69, 9.17) is 16.3 Å². The summed E-state index contributed by atoms with van der Waals surface area (Å²) in [6.07, 6.45) is 2.87. The molecule has 0 aliphatic heterocycles. The first kappa shape index (κ1) is 11.5. The van der Waals surface area contributed by atoms with Crippen molar-refractivity contribution in [2.75, 3.05) is 7.11 Å². The van der Waals surface area contributed by atoms with Crippen LogP contribution >= 0.6 is 11.6 Å². The zero-order chi connectivity index (χ0) is 11.7. The molecule has 1 aliphatic rings. The highest BCUT2D eigenvalue weighted by Gasteiger charge is 2.43. The smallest absolute Gasteiger partial charge is 0.145 e. The van der Waals surface area contributed by atoms with Crippen LogP contribution in [0, 0.1) is 11.7 Å². The van der Waals surface area contributed by atoms with Gasteiger partial charge < -0.3 is 4.74 Å². The molecule has 0 aromatic heterocycles. The van der Waals surface area contributed by atoms with Gasteiger partial charge in [-0.25, -0.2) is 4.39 Å². The maximum absolute atomic E-state index is 13.7. The van der Waals surface area contributed by atoms with E-state index in [0.717, 1.165) is 12.2 Å². The molecule has 2 atom stereocenters. The molecular formula is C13H14ClFO. The van der Waals surface area contributed by atoms with Crippen LogP contribution in [0.2, 0.25) is 5.02 Å². The molecule has 1 nitrogen and oxygen atoms in total. The van der Waals surface area contributed by atoms with E-state index in [1.165, 1.54) is 0 Å². The minimum Gasteiger partial charge on any atom is -0.501 e. The molecule has 0 radical (unpaired) electrons. The van der Waals surface area contributed by atoms with E-state index in [9.17, 15) is 4.39 Å². The number of ether oxygens (including phenoxy) is 1. The summed E-state index contributed by atoms with van der Waals surface area (Å²) < 4.78 is 19.0. The fraction of sp³-hybridized carbons (Fsp3) is 0.385. The van der Waals surface area contributed by atoms with Gasteiger partial charge in [-0.3, -0.25) is 0 Å². The lowest BCUT2D eigenvalue weighted by molar-refractivity contribution is 0.268. The van der Waals surface area contributed by atoms with Crippen molar-refractivity contribution in [3.8, 4) is 0 Å². The Morgan fingerprint density at radius 1 is 1.56 bits per heavy atom. The summed E-state index contributed by atoms with van der Waals surface area (Å²) in [6, 6.07) is 5.16. The van der Waals surface area contributed by atoms with Crippen LogP contribution in [0.15, 0.2) is 30.0 Å². The van der Waals surface area contributed by atoms with Crippen LogP contribution in [0.3, 0.4) is 0 Å². The molecule has 0 saturated heterocycles. The topological polar surface area (TPSA) is 9.23 Å². The normalized spacial score (nSPS) is 24.4. The van der Waals surface area contributed by atoms with Gasteiger partial charge >= 0.3 is 0 Å². The van der Waals surface area contributed by atoms with Crippen LogP contribution in [0.25, 0.3) is 0 Å². The Kier molecular flexibility index (Phi) is 3.20. The van der Waals surface area contributed by atoms with Gasteiger partial charge in [0, 0.05) is 5.92 Å². The second-order valence-electron chi connectivity index (χ2n) is 3.99. The highest BCUT2D eigenvalue weighted by molar-refractivity contribution is 6.30. The minimum absolute atomic E-state index is 0.197. The number of halogens is 2. The number of methoxy groups -OCH3 is 1. The molecule has 86 valence electrons. The Balaban J connectivity index is 2.20. The quantitative estimate of drug-likeness (QED) is 0.722. The van der Waals surface area contributed by atoms with Gasteiger partial charge in [0.25, 0.3) is 0 Å². The summed E-state index contributed by atoms with van der Waals surface area (Å²) in [6.45, 7) is 1.93. The van der Waals surface area contributed by atoms with E-state index < -0.39 is 0 Å². The van der Waals surface area contributed by atoms with Gasteiger partial charge in [0.2, 0.25) is 0 Å². The van der Waals surface area contributed by atoms with Crippen LogP contribution in [0.4, 0.5) is 4.39 Å². The minimum atomic E-state index is -0.289. The lowest BCUT2D eigenvalue weighted by Crippen LogP contribution is -1.94. The number of hydrogen-bond donors (Lipinski definition) is 0. The van der Waals surface area contributed by atoms with Crippen molar-refractivity contribution in [3.05, 3.63) is 46.4 Å². The summed E-state index contributed by atoms with van der Waals surface area (Å²) in [5.74, 6) is 1.17. The highest BCUT2D eigenvalue weighted by atomic mass is 35.5. The van der Waals surface area contributed by atoms with E-state index in [1.54, 1.807) is 25.3 Å². The van der Waals surface area contributed by atoms with E-state index in [1.807, 2.05) is 13.0 Å². The summed E-state index contributed by atoms with van der Waals surface area (Å²) in [4.78, 5) is 0. The summed E-state index contributed by atoms with van der Waals surface area (Å²) in [5.41, 5.74) is 0.703. The SMILES string of the molecule is CC=C(OC)C1CC1c1cccc(Cl)c1F. The molecule has 2 rings (SSSR count). The van der Waals surface area contributed by atoms with Gasteiger partial charge in [0.1, 0.15) is 5.82 Å². The molecule has 1 aliphatic carbocycles. The number of allylic oxidation sites excluding steroid dienone is 2. The Morgan fingerprint density at radius 2 is 2.31 bits per heavy atom. The van der Waals surface area contributed by atoms with Gasteiger partial charge in [-0.05, 0) is 37.0 Å². The highest BCUT2D eigenvalue weighted by Crippen LogP contribution is 2.52. The van der Waals surface area contributed by atoms with Gasteiger partial charge in [0.05, 0.1) is 17.9 Å². The van der Waals surface area contributed by atoms with Gasteiger partial charge in [0.15, 0.2) is 0 Å². The number of hydrogen-bond acceptors (Lipinski definition) is 1. The molecule has 0 amide bonds. The molecule has 16 heavy (non-hydrogen) atoms. The van der Waals surface area contributed by atoms with Crippen LogP contribution < -0.4 is 0 Å². The maximum atomic E-state index is 13.7. The number of benzene rings is 1. The molecule has 1 aromatic rings. The molecule has 3 heteroatoms. The standard InChI is InChI=1S/C13H14ClFO/c1-3-12(16-2)10-7-9(10)8-5-4-6-11(14)13(8)15/h3-6,9-10H,7H2,1-2H3. The summed E-state index contributed by atoms with van der Waals surface area (Å²) >= 11 is 5.76. The third-order valence-electron chi connectivity index (χ3n) is 3.06. The van der Waals surface area contributed by atoms with Crippen molar-refractivity contribution in [2.24, 2.45) is 5.92 Å². The monoisotopic (exact) mass is 240 g/mol. The maximum Gasteiger partial charge on any atom is 0.145 e. The molecule has 0 bridgehead atoms. The third-order valence-corrected chi connectivity index (χ3v) is 3.35. The van der Waals surface area contributed by atoms with Crippen LogP contribution in [-0.2, 0) is 4.74 Å². The average Bonchev–Trinajstić information content (AvgIpc) is 3.04. The molecule has 1 aromatic carbocycles. The molecule has 1 fully saturated rings. The van der Waals surface area contributed by atoms with Crippen LogP contribution in [0.5, 0.6) is 0 Å². The summed E-state index contributed by atoms with van der Waals surface area (Å²) in [5, 5.41) is 0.197. The first-order valence-corrected chi connectivity index (χ1v) is 5.71. The van der Waals surface area contributed by atoms with Crippen molar-refractivity contribution in [3.63, 3.8) is 0 Å². The van der Waals surface area contributed by atoms with E-state index in [0.29, 0.717) is 11.5 Å². The van der Waals surface area contributed by atoms with Crippen molar-refractivity contribution < 1.29 is 9.13 Å². The first-order chi connectivity index (χ1) is 7.69. The van der Waals surface area contributed by atoms with E-state index >= 15 is 0 Å². The van der Waals surface area contributed by atoms with Gasteiger partial charge in [-0.1, -0.05) is 23.7 Å². The van der Waals surface area contributed by atoms with Crippen molar-refractivity contribution in [2.45, 2.75) is 19.3 Å². The average molecular weight is 241 g/mol. The van der Waals surface area contributed by atoms with Gasteiger partial charge in [-0.2, -0.15) is 0 Å². The third kappa shape index (κ3) is 1.94. The predicted octanol–water partition coefficient (Wildman–Crippen LogP) is 4.13. The molecule has 1 saturated carbocycles. The van der Waals surface area contributed by atoms with E-state index in [-0.39, 0.29) is 16.8 Å². The predicted molar refractivity (Wildman–Crippen MR) is 63.0 cm³/mol. The molecular weight excluding hydrogens is 227 g/mol. The van der Waals surface area contributed by atoms with Gasteiger partial charge in [-0.15, -0.1) is 0 Å². The van der Waals surface area contributed by atoms with Crippen LogP contribution in [-0.4, -0.2) is 7.11 Å². The van der Waals surface area contributed by atoms with Crippen molar-refractivity contribution in [1.82, 2.24) is 0 Å². The second kappa shape index (κ2) is 4.46. The Morgan fingerprint density at radius 3 is 2.94 bits per heavy atom. The zero-order valence-electron chi connectivity index (χ0n) is 9.34. The lowest BCUT2D eigenvalue weighted by Gasteiger charge is -2.06. The lowest BCUT2D eigenvalue weighted by atomic mass is 10.1. The molecule has 2 unspecified atom stereocenters. The molecule has 0 spiro atoms. The van der Waals surface area contributed by atoms with E-state index in [2.05, 4.69) is 0 Å². The molecule has 0 heterocycles. The van der Waals surface area contributed by atoms with Crippen LogP contribution in [0.1, 0.15) is 24.8 Å². The largest absolute Gasteiger partial charge is 0.501 e. The fourth-order valence-electron chi connectivity index (χ4n) is 2.14. The second-order valence-corrected chi connectivity index (χ2v) is 4.39. The van der Waals surface area contributed by atoms with Crippen molar-refractivity contribution in [1.29, 1.82) is 0 Å². The Labute approximate surface area is 99.9 Å². The number of rotatable bonds is 3. The van der Waals surface area contributed by atoms with Crippen molar-refractivity contribution >= 4 is 11.6 Å². The fourth-order valence-corrected chi connectivity index (χ4v) is 2.33. The Hall–Kier alpha value is -1.02. The zero-order valence-corrected chi connectivity index (χ0v) is 10.1.